The zero-order valence-corrected chi connectivity index (χ0v) is 14.6. The molecule has 0 saturated carbocycles. The van der Waals surface area contributed by atoms with Gasteiger partial charge in [0.25, 0.3) is 11.7 Å². The van der Waals surface area contributed by atoms with Crippen LogP contribution in [0.2, 0.25) is 0 Å². The minimum absolute atomic E-state index is 0.459. The number of hydrogen-bond donors (Lipinski definition) is 1. The number of nitrogens with zero attached hydrogens (tertiary/aromatic N) is 1. The molecule has 0 aliphatic rings. The number of carbonyl (C=O) groups is 2. The number of amides is 1. The zero-order chi connectivity index (χ0) is 18.3. The van der Waals surface area contributed by atoms with Crippen molar-refractivity contribution in [3.63, 3.8) is 0 Å². The van der Waals surface area contributed by atoms with Gasteiger partial charge in [-0.15, -0.1) is 0 Å². The number of ketones is 1. The molecule has 0 spiro atoms. The molecule has 0 aliphatic heterocycles. The predicted molar refractivity (Wildman–Crippen MR) is 105 cm³/mol. The van der Waals surface area contributed by atoms with Gasteiger partial charge in [-0.25, -0.2) is 0 Å². The van der Waals surface area contributed by atoms with Crippen LogP contribution in [-0.4, -0.2) is 16.3 Å². The summed E-state index contributed by atoms with van der Waals surface area (Å²) in [5.41, 5.74) is 2.82. The van der Waals surface area contributed by atoms with Gasteiger partial charge < -0.3 is 9.88 Å². The van der Waals surface area contributed by atoms with Crippen LogP contribution in [0.3, 0.4) is 0 Å². The van der Waals surface area contributed by atoms with Crippen molar-refractivity contribution in [3.05, 3.63) is 78.0 Å². The summed E-state index contributed by atoms with van der Waals surface area (Å²) >= 11 is 0. The van der Waals surface area contributed by atoms with Crippen molar-refractivity contribution in [2.24, 2.45) is 7.05 Å². The van der Waals surface area contributed by atoms with E-state index in [1.165, 1.54) is 0 Å². The van der Waals surface area contributed by atoms with Gasteiger partial charge in [0.15, 0.2) is 0 Å². The molecule has 0 bridgehead atoms. The van der Waals surface area contributed by atoms with E-state index in [1.54, 1.807) is 0 Å². The fraction of sp³-hybridized carbons (Fsp3) is 0.0909. The van der Waals surface area contributed by atoms with Crippen LogP contribution in [0.4, 0.5) is 5.69 Å². The molecule has 128 valence electrons. The highest BCUT2D eigenvalue weighted by molar-refractivity contribution is 6.49. The van der Waals surface area contributed by atoms with Crippen LogP contribution < -0.4 is 5.32 Å². The van der Waals surface area contributed by atoms with Crippen LogP contribution in [-0.2, 0) is 11.8 Å². The third-order valence-electron chi connectivity index (χ3n) is 4.87. The van der Waals surface area contributed by atoms with Gasteiger partial charge in [-0.05, 0) is 24.4 Å². The molecule has 1 heterocycles. The van der Waals surface area contributed by atoms with Gasteiger partial charge in [0, 0.05) is 34.7 Å². The summed E-state index contributed by atoms with van der Waals surface area (Å²) in [6.45, 7) is 1.86. The van der Waals surface area contributed by atoms with E-state index in [9.17, 15) is 9.59 Å². The van der Waals surface area contributed by atoms with Gasteiger partial charge in [-0.3, -0.25) is 9.59 Å². The molecule has 1 amide bonds. The van der Waals surface area contributed by atoms with Crippen LogP contribution in [0.5, 0.6) is 0 Å². The van der Waals surface area contributed by atoms with Crippen LogP contribution in [0, 0.1) is 6.92 Å². The smallest absolute Gasteiger partial charge is 0.296 e. The second-order valence-electron chi connectivity index (χ2n) is 6.35. The number of fused-ring (bicyclic) bond motifs is 2. The van der Waals surface area contributed by atoms with Gasteiger partial charge in [-0.2, -0.15) is 0 Å². The van der Waals surface area contributed by atoms with E-state index < -0.39 is 11.7 Å². The van der Waals surface area contributed by atoms with Crippen LogP contribution >= 0.6 is 0 Å². The van der Waals surface area contributed by atoms with E-state index >= 15 is 0 Å². The summed E-state index contributed by atoms with van der Waals surface area (Å²) in [7, 11) is 1.90. The lowest BCUT2D eigenvalue weighted by atomic mass is 10.1. The van der Waals surface area contributed by atoms with Gasteiger partial charge >= 0.3 is 0 Å². The third kappa shape index (κ3) is 2.47. The maximum absolute atomic E-state index is 12.9. The Morgan fingerprint density at radius 1 is 0.846 bits per heavy atom. The van der Waals surface area contributed by atoms with E-state index in [1.807, 2.05) is 85.3 Å². The summed E-state index contributed by atoms with van der Waals surface area (Å²) in [4.78, 5) is 25.6. The van der Waals surface area contributed by atoms with E-state index in [2.05, 4.69) is 5.32 Å². The molecule has 1 N–H and O–H groups in total. The number of para-hydroxylation sites is 1. The molecule has 1 aromatic heterocycles. The van der Waals surface area contributed by atoms with Gasteiger partial charge in [0.2, 0.25) is 0 Å². The van der Waals surface area contributed by atoms with Gasteiger partial charge in [0.1, 0.15) is 0 Å². The molecule has 26 heavy (non-hydrogen) atoms. The third-order valence-corrected chi connectivity index (χ3v) is 4.87. The number of rotatable bonds is 3. The Morgan fingerprint density at radius 3 is 2.31 bits per heavy atom. The lowest BCUT2D eigenvalue weighted by Crippen LogP contribution is -2.23. The first-order valence-electron chi connectivity index (χ1n) is 8.45. The van der Waals surface area contributed by atoms with Crippen molar-refractivity contribution in [1.29, 1.82) is 0 Å². The highest BCUT2D eigenvalue weighted by Crippen LogP contribution is 2.27. The fourth-order valence-corrected chi connectivity index (χ4v) is 3.43. The number of benzene rings is 3. The van der Waals surface area contributed by atoms with E-state index in [-0.39, 0.29) is 0 Å². The molecule has 0 unspecified atom stereocenters. The van der Waals surface area contributed by atoms with E-state index in [0.29, 0.717) is 11.3 Å². The summed E-state index contributed by atoms with van der Waals surface area (Å²) < 4.78 is 1.94. The summed E-state index contributed by atoms with van der Waals surface area (Å²) in [6.07, 6.45) is 0. The standard InChI is InChI=1S/C22H18N2O2/c1-14-20(17-11-5-6-13-19(17)24(14)2)21(25)22(26)23-18-12-7-9-15-8-3-4-10-16(15)18/h3-13H,1-2H3,(H,23,26). The summed E-state index contributed by atoms with van der Waals surface area (Å²) in [5, 5.41) is 5.50. The molecule has 0 atom stereocenters. The van der Waals surface area contributed by atoms with Crippen LogP contribution in [0.15, 0.2) is 66.7 Å². The van der Waals surface area contributed by atoms with Crippen molar-refractivity contribution < 1.29 is 9.59 Å². The summed E-state index contributed by atoms with van der Waals surface area (Å²) in [5.74, 6) is -1.15. The number of hydrogen-bond acceptors (Lipinski definition) is 2. The Kier molecular flexibility index (Phi) is 3.81. The largest absolute Gasteiger partial charge is 0.347 e. The first kappa shape index (κ1) is 16.1. The average molecular weight is 342 g/mol. The van der Waals surface area contributed by atoms with Crippen LogP contribution in [0.25, 0.3) is 21.7 Å². The first-order valence-corrected chi connectivity index (χ1v) is 8.45. The fourth-order valence-electron chi connectivity index (χ4n) is 3.43. The Morgan fingerprint density at radius 2 is 1.50 bits per heavy atom. The summed E-state index contributed by atoms with van der Waals surface area (Å²) in [6, 6.07) is 21.0. The molecule has 4 aromatic rings. The van der Waals surface area contributed by atoms with Crippen molar-refractivity contribution in [3.8, 4) is 0 Å². The first-order chi connectivity index (χ1) is 12.6. The molecular formula is C22H18N2O2. The molecule has 0 radical (unpaired) electrons. The Labute approximate surface area is 151 Å². The number of anilines is 1. The van der Waals surface area contributed by atoms with E-state index in [0.717, 1.165) is 27.4 Å². The Bertz CT molecular complexity index is 1170. The molecule has 4 nitrogen and oxygen atoms in total. The number of aryl methyl sites for hydroxylation is 1. The topological polar surface area (TPSA) is 51.1 Å². The monoisotopic (exact) mass is 342 g/mol. The molecular weight excluding hydrogens is 324 g/mol. The average Bonchev–Trinajstić information content (AvgIpc) is 2.92. The molecule has 4 heteroatoms. The lowest BCUT2D eigenvalue weighted by molar-refractivity contribution is -0.112. The number of nitrogens with one attached hydrogen (secondary N) is 1. The Hall–Kier alpha value is -3.40. The number of Topliss-reactive ketones (excluding diaryl/α,β-unsaturated/α-hetero) is 1. The molecule has 0 saturated heterocycles. The van der Waals surface area contributed by atoms with Crippen molar-refractivity contribution in [1.82, 2.24) is 4.57 Å². The quantitative estimate of drug-likeness (QED) is 0.441. The lowest BCUT2D eigenvalue weighted by Gasteiger charge is -2.08. The molecule has 0 fully saturated rings. The number of carbonyl (C=O) groups excluding carboxylic acids is 2. The van der Waals surface area contributed by atoms with Crippen LogP contribution in [0.1, 0.15) is 16.1 Å². The second kappa shape index (κ2) is 6.15. The van der Waals surface area contributed by atoms with Gasteiger partial charge in [0.05, 0.1) is 5.56 Å². The SMILES string of the molecule is Cc1c(C(=O)C(=O)Nc2cccc3ccccc23)c2ccccc2n1C. The predicted octanol–water partition coefficient (Wildman–Crippen LogP) is 4.46. The number of aromatic nitrogens is 1. The normalized spacial score (nSPS) is 11.0. The second-order valence-corrected chi connectivity index (χ2v) is 6.35. The van der Waals surface area contributed by atoms with E-state index in [4.69, 9.17) is 0 Å². The highest BCUT2D eigenvalue weighted by Gasteiger charge is 2.24. The minimum Gasteiger partial charge on any atom is -0.347 e. The highest BCUT2D eigenvalue weighted by atomic mass is 16.2. The maximum Gasteiger partial charge on any atom is 0.296 e. The van der Waals surface area contributed by atoms with Crippen molar-refractivity contribution in [2.45, 2.75) is 6.92 Å². The zero-order valence-electron chi connectivity index (χ0n) is 14.6. The van der Waals surface area contributed by atoms with Crippen molar-refractivity contribution in [2.75, 3.05) is 5.32 Å². The molecule has 4 rings (SSSR count). The molecule has 3 aromatic carbocycles. The van der Waals surface area contributed by atoms with Gasteiger partial charge in [-0.1, -0.05) is 54.6 Å². The van der Waals surface area contributed by atoms with Crippen molar-refractivity contribution >= 4 is 39.1 Å². The molecule has 0 aliphatic carbocycles. The Balaban J connectivity index is 1.73. The minimum atomic E-state index is -0.624. The maximum atomic E-state index is 12.9.